The summed E-state index contributed by atoms with van der Waals surface area (Å²) >= 11 is 0. The molecule has 0 saturated carbocycles. The third-order valence-electron chi connectivity index (χ3n) is 3.85. The fourth-order valence-corrected chi connectivity index (χ4v) is 2.36. The molecule has 0 heterocycles. The van der Waals surface area contributed by atoms with Gasteiger partial charge in [-0.1, -0.05) is 24.3 Å². The molecule has 2 rings (SSSR count). The van der Waals surface area contributed by atoms with Crippen LogP contribution in [0.1, 0.15) is 41.4 Å². The molecule has 0 spiro atoms. The van der Waals surface area contributed by atoms with Crippen LogP contribution in [0, 0.1) is 0 Å². The predicted molar refractivity (Wildman–Crippen MR) is 99.4 cm³/mol. The third kappa shape index (κ3) is 6.47. The number of carbonyl (C=O) groups is 3. The molecule has 2 amide bonds. The van der Waals surface area contributed by atoms with Gasteiger partial charge in [-0.15, -0.1) is 0 Å². The maximum atomic E-state index is 12.4. The van der Waals surface area contributed by atoms with Crippen molar-refractivity contribution in [2.45, 2.75) is 26.4 Å². The Hall–Kier alpha value is -3.35. The number of hydrogen-bond donors (Lipinski definition) is 3. The lowest BCUT2D eigenvalue weighted by Crippen LogP contribution is -2.26. The topological polar surface area (TPSA) is 105 Å². The average Bonchev–Trinajstić information content (AvgIpc) is 2.65. The number of rotatable bonds is 8. The van der Waals surface area contributed by atoms with E-state index >= 15 is 0 Å². The minimum absolute atomic E-state index is 0.106. The van der Waals surface area contributed by atoms with Crippen LogP contribution in [0.15, 0.2) is 48.5 Å². The van der Waals surface area contributed by atoms with Crippen molar-refractivity contribution >= 4 is 17.8 Å². The van der Waals surface area contributed by atoms with Gasteiger partial charge in [0.25, 0.3) is 5.91 Å². The largest absolute Gasteiger partial charge is 0.482 e. The Morgan fingerprint density at radius 2 is 1.67 bits per heavy atom. The summed E-state index contributed by atoms with van der Waals surface area (Å²) in [5, 5.41) is 14.2. The van der Waals surface area contributed by atoms with E-state index in [1.807, 2.05) is 6.92 Å². The van der Waals surface area contributed by atoms with Crippen molar-refractivity contribution in [1.82, 2.24) is 10.6 Å². The summed E-state index contributed by atoms with van der Waals surface area (Å²) in [7, 11) is 0. The minimum Gasteiger partial charge on any atom is -0.482 e. The van der Waals surface area contributed by atoms with E-state index in [0.29, 0.717) is 17.9 Å². The van der Waals surface area contributed by atoms with E-state index in [1.165, 1.54) is 6.92 Å². The van der Waals surface area contributed by atoms with Crippen molar-refractivity contribution < 1.29 is 24.2 Å². The van der Waals surface area contributed by atoms with Crippen molar-refractivity contribution in [3.63, 3.8) is 0 Å². The van der Waals surface area contributed by atoms with E-state index in [1.54, 1.807) is 48.5 Å². The van der Waals surface area contributed by atoms with Crippen molar-refractivity contribution in [2.24, 2.45) is 0 Å². The van der Waals surface area contributed by atoms with Gasteiger partial charge in [0.1, 0.15) is 5.75 Å². The van der Waals surface area contributed by atoms with Crippen LogP contribution in [0.2, 0.25) is 0 Å². The van der Waals surface area contributed by atoms with Crippen LogP contribution in [0.5, 0.6) is 5.75 Å². The molecule has 0 fully saturated rings. The quantitative estimate of drug-likeness (QED) is 0.661. The molecule has 0 aliphatic rings. The lowest BCUT2D eigenvalue weighted by atomic mass is 10.1. The fourth-order valence-electron chi connectivity index (χ4n) is 2.36. The zero-order chi connectivity index (χ0) is 19.8. The van der Waals surface area contributed by atoms with E-state index < -0.39 is 12.6 Å². The van der Waals surface area contributed by atoms with E-state index in [-0.39, 0.29) is 17.9 Å². The number of nitrogens with one attached hydrogen (secondary N) is 2. The molecule has 7 heteroatoms. The van der Waals surface area contributed by atoms with Gasteiger partial charge in [-0.3, -0.25) is 9.59 Å². The second-order valence-electron chi connectivity index (χ2n) is 6.05. The number of aliphatic carboxylic acids is 1. The van der Waals surface area contributed by atoms with E-state index in [4.69, 9.17) is 9.84 Å². The van der Waals surface area contributed by atoms with E-state index in [2.05, 4.69) is 10.6 Å². The van der Waals surface area contributed by atoms with Gasteiger partial charge in [0.15, 0.2) is 6.61 Å². The molecule has 7 nitrogen and oxygen atoms in total. The lowest BCUT2D eigenvalue weighted by Gasteiger charge is -2.15. The van der Waals surface area contributed by atoms with E-state index in [0.717, 1.165) is 11.1 Å². The zero-order valence-electron chi connectivity index (χ0n) is 15.2. The Morgan fingerprint density at radius 1 is 1.04 bits per heavy atom. The van der Waals surface area contributed by atoms with Gasteiger partial charge in [0.05, 0.1) is 6.04 Å². The van der Waals surface area contributed by atoms with Gasteiger partial charge >= 0.3 is 5.97 Å². The van der Waals surface area contributed by atoms with Crippen molar-refractivity contribution in [3.05, 3.63) is 65.2 Å². The molecule has 1 atom stereocenters. The Labute approximate surface area is 157 Å². The van der Waals surface area contributed by atoms with Crippen LogP contribution < -0.4 is 15.4 Å². The summed E-state index contributed by atoms with van der Waals surface area (Å²) in [5.41, 5.74) is 2.30. The summed E-state index contributed by atoms with van der Waals surface area (Å²) in [5.74, 6) is -0.901. The molecule has 142 valence electrons. The Morgan fingerprint density at radius 3 is 2.22 bits per heavy atom. The minimum atomic E-state index is -1.04. The summed E-state index contributed by atoms with van der Waals surface area (Å²) in [6, 6.07) is 13.7. The summed E-state index contributed by atoms with van der Waals surface area (Å²) in [6.07, 6.45) is 0. The Balaban J connectivity index is 1.92. The molecule has 0 aliphatic heterocycles. The number of carboxylic acid groups (broad SMARTS) is 1. The maximum Gasteiger partial charge on any atom is 0.341 e. The normalized spacial score (nSPS) is 11.3. The van der Waals surface area contributed by atoms with Crippen molar-refractivity contribution in [3.8, 4) is 5.75 Å². The standard InChI is InChI=1S/C20H22N2O5/c1-13(16-7-9-18(10-8-16)27-12-19(24)25)22-20(26)17-5-3-15(4-6-17)11-21-14(2)23/h3-10,13H,11-12H2,1-2H3,(H,21,23)(H,22,26)(H,24,25). The molecular formula is C20H22N2O5. The van der Waals surface area contributed by atoms with Crippen LogP contribution in [0.25, 0.3) is 0 Å². The predicted octanol–water partition coefficient (Wildman–Crippen LogP) is 2.28. The highest BCUT2D eigenvalue weighted by atomic mass is 16.5. The van der Waals surface area contributed by atoms with Crippen LogP contribution >= 0.6 is 0 Å². The molecule has 0 aliphatic carbocycles. The molecular weight excluding hydrogens is 348 g/mol. The first-order valence-electron chi connectivity index (χ1n) is 8.44. The highest BCUT2D eigenvalue weighted by molar-refractivity contribution is 5.94. The van der Waals surface area contributed by atoms with Crippen LogP contribution in [0.4, 0.5) is 0 Å². The van der Waals surface area contributed by atoms with Gasteiger partial charge in [0.2, 0.25) is 5.91 Å². The Bertz CT molecular complexity index is 800. The second kappa shape index (κ2) is 9.38. The number of carboxylic acids is 1. The molecule has 2 aromatic carbocycles. The summed E-state index contributed by atoms with van der Waals surface area (Å²) < 4.78 is 5.09. The van der Waals surface area contributed by atoms with Crippen LogP contribution in [-0.4, -0.2) is 29.5 Å². The monoisotopic (exact) mass is 370 g/mol. The van der Waals surface area contributed by atoms with Gasteiger partial charge in [0, 0.05) is 19.0 Å². The van der Waals surface area contributed by atoms with Crippen LogP contribution in [0.3, 0.4) is 0 Å². The number of amides is 2. The SMILES string of the molecule is CC(=O)NCc1ccc(C(=O)NC(C)c2ccc(OCC(=O)O)cc2)cc1. The first kappa shape index (κ1) is 20.0. The molecule has 0 radical (unpaired) electrons. The smallest absolute Gasteiger partial charge is 0.341 e. The van der Waals surface area contributed by atoms with Gasteiger partial charge in [-0.05, 0) is 42.3 Å². The molecule has 27 heavy (non-hydrogen) atoms. The summed E-state index contributed by atoms with van der Waals surface area (Å²) in [4.78, 5) is 33.8. The van der Waals surface area contributed by atoms with Gasteiger partial charge in [-0.25, -0.2) is 4.79 Å². The number of hydrogen-bond acceptors (Lipinski definition) is 4. The average molecular weight is 370 g/mol. The molecule has 1 unspecified atom stereocenters. The second-order valence-corrected chi connectivity index (χ2v) is 6.05. The lowest BCUT2D eigenvalue weighted by molar-refractivity contribution is -0.139. The number of benzene rings is 2. The third-order valence-corrected chi connectivity index (χ3v) is 3.85. The van der Waals surface area contributed by atoms with E-state index in [9.17, 15) is 14.4 Å². The first-order valence-corrected chi connectivity index (χ1v) is 8.44. The van der Waals surface area contributed by atoms with Gasteiger partial charge < -0.3 is 20.5 Å². The first-order chi connectivity index (χ1) is 12.8. The zero-order valence-corrected chi connectivity index (χ0v) is 15.2. The number of ether oxygens (including phenoxy) is 1. The van der Waals surface area contributed by atoms with Crippen molar-refractivity contribution in [1.29, 1.82) is 0 Å². The molecule has 3 N–H and O–H groups in total. The molecule has 2 aromatic rings. The molecule has 0 saturated heterocycles. The van der Waals surface area contributed by atoms with Gasteiger partial charge in [-0.2, -0.15) is 0 Å². The number of carbonyl (C=O) groups excluding carboxylic acids is 2. The summed E-state index contributed by atoms with van der Waals surface area (Å²) in [6.45, 7) is 3.33. The Kier molecular flexibility index (Phi) is 6.93. The molecule has 0 aromatic heterocycles. The van der Waals surface area contributed by atoms with Crippen LogP contribution in [-0.2, 0) is 16.1 Å². The molecule has 0 bridgehead atoms. The van der Waals surface area contributed by atoms with Crippen molar-refractivity contribution in [2.75, 3.05) is 6.61 Å². The highest BCUT2D eigenvalue weighted by Gasteiger charge is 2.12. The maximum absolute atomic E-state index is 12.4. The fraction of sp³-hybridized carbons (Fsp3) is 0.250. The highest BCUT2D eigenvalue weighted by Crippen LogP contribution is 2.18.